The Morgan fingerprint density at radius 2 is 1.81 bits per heavy atom. The molecule has 0 aliphatic carbocycles. The Hall–Kier alpha value is -3.22. The zero-order chi connectivity index (χ0) is 18.5. The van der Waals surface area contributed by atoms with Gasteiger partial charge in [-0.1, -0.05) is 42.5 Å². The lowest BCUT2D eigenvalue weighted by Gasteiger charge is -2.20. The summed E-state index contributed by atoms with van der Waals surface area (Å²) >= 11 is 0. The van der Waals surface area contributed by atoms with Crippen molar-refractivity contribution in [3.8, 4) is 5.75 Å². The number of hydrogen-bond donors (Lipinski definition) is 1. The van der Waals surface area contributed by atoms with Crippen LogP contribution in [0.1, 0.15) is 27.8 Å². The Bertz CT molecular complexity index is 881. The van der Waals surface area contributed by atoms with Gasteiger partial charge in [0, 0.05) is 19.4 Å². The predicted octanol–water partition coefficient (Wildman–Crippen LogP) is 3.54. The minimum atomic E-state index is -3.01. The molecule has 0 fully saturated rings. The molecule has 0 aliphatic rings. The molecule has 1 amide bonds. The van der Waals surface area contributed by atoms with Crippen LogP contribution in [0.3, 0.4) is 0 Å². The molecule has 0 radical (unpaired) electrons. The average molecular weight is 357 g/mol. The first-order valence-electron chi connectivity index (χ1n) is 7.93. The molecule has 1 aromatic heterocycles. The largest absolute Gasteiger partial charge is 0.434 e. The number of para-hydroxylation sites is 1. The van der Waals surface area contributed by atoms with Gasteiger partial charge < -0.3 is 14.6 Å². The molecule has 2 aromatic carbocycles. The highest BCUT2D eigenvalue weighted by Gasteiger charge is 2.23. The third kappa shape index (κ3) is 3.88. The van der Waals surface area contributed by atoms with Crippen molar-refractivity contribution in [2.45, 2.75) is 12.7 Å². The van der Waals surface area contributed by atoms with Crippen molar-refractivity contribution in [1.82, 2.24) is 14.9 Å². The van der Waals surface area contributed by atoms with Crippen LogP contribution in [-0.2, 0) is 7.05 Å². The van der Waals surface area contributed by atoms with E-state index in [9.17, 15) is 13.6 Å². The van der Waals surface area contributed by atoms with E-state index in [1.165, 1.54) is 18.2 Å². The molecule has 0 saturated heterocycles. The molecule has 1 heterocycles. The van der Waals surface area contributed by atoms with Gasteiger partial charge in [-0.15, -0.1) is 0 Å². The van der Waals surface area contributed by atoms with Gasteiger partial charge in [-0.05, 0) is 17.7 Å². The Labute approximate surface area is 149 Å². The van der Waals surface area contributed by atoms with Crippen LogP contribution in [0.4, 0.5) is 8.78 Å². The normalized spacial score (nSPS) is 12.0. The summed E-state index contributed by atoms with van der Waals surface area (Å²) in [4.78, 5) is 17.1. The Balaban J connectivity index is 1.93. The van der Waals surface area contributed by atoms with E-state index in [2.05, 4.69) is 15.0 Å². The number of alkyl halides is 2. The summed E-state index contributed by atoms with van der Waals surface area (Å²) in [6.45, 7) is -3.01. The molecule has 7 heteroatoms. The third-order valence-corrected chi connectivity index (χ3v) is 3.87. The smallest absolute Gasteiger partial charge is 0.387 e. The molecule has 0 bridgehead atoms. The molecule has 1 N–H and O–H groups in total. The molecule has 0 aliphatic heterocycles. The first kappa shape index (κ1) is 17.6. The summed E-state index contributed by atoms with van der Waals surface area (Å²) < 4.78 is 31.4. The second kappa shape index (κ2) is 7.77. The average Bonchev–Trinajstić information content (AvgIpc) is 3.06. The SMILES string of the molecule is Cn1ccnc1C(NC(=O)c1ccccc1OC(F)F)c1ccccc1. The van der Waals surface area contributed by atoms with Crippen LogP contribution in [-0.4, -0.2) is 22.1 Å². The summed E-state index contributed by atoms with van der Waals surface area (Å²) in [6.07, 6.45) is 3.40. The van der Waals surface area contributed by atoms with Gasteiger partial charge in [0.05, 0.1) is 5.56 Å². The van der Waals surface area contributed by atoms with E-state index in [-0.39, 0.29) is 11.3 Å². The van der Waals surface area contributed by atoms with Gasteiger partial charge in [-0.25, -0.2) is 4.98 Å². The van der Waals surface area contributed by atoms with Crippen LogP contribution in [0, 0.1) is 0 Å². The first-order chi connectivity index (χ1) is 12.6. The molecular weight excluding hydrogens is 340 g/mol. The van der Waals surface area contributed by atoms with Gasteiger partial charge in [0.2, 0.25) is 0 Å². The van der Waals surface area contributed by atoms with E-state index >= 15 is 0 Å². The first-order valence-corrected chi connectivity index (χ1v) is 7.93. The number of nitrogens with one attached hydrogen (secondary N) is 1. The number of rotatable bonds is 6. The number of amides is 1. The number of carbonyl (C=O) groups excluding carboxylic acids is 1. The molecule has 0 saturated carbocycles. The van der Waals surface area contributed by atoms with Crippen molar-refractivity contribution in [3.63, 3.8) is 0 Å². The molecule has 26 heavy (non-hydrogen) atoms. The maximum Gasteiger partial charge on any atom is 0.387 e. The maximum atomic E-state index is 12.8. The second-order valence-electron chi connectivity index (χ2n) is 5.59. The molecule has 134 valence electrons. The number of hydrogen-bond acceptors (Lipinski definition) is 3. The Kier molecular flexibility index (Phi) is 5.26. The lowest BCUT2D eigenvalue weighted by Crippen LogP contribution is -2.31. The number of aryl methyl sites for hydroxylation is 1. The molecule has 3 rings (SSSR count). The molecule has 0 spiro atoms. The van der Waals surface area contributed by atoms with Gasteiger partial charge in [0.25, 0.3) is 5.91 Å². The highest BCUT2D eigenvalue weighted by atomic mass is 19.3. The van der Waals surface area contributed by atoms with Crippen molar-refractivity contribution in [2.24, 2.45) is 7.05 Å². The van der Waals surface area contributed by atoms with Crippen LogP contribution in [0.25, 0.3) is 0 Å². The van der Waals surface area contributed by atoms with Crippen LogP contribution < -0.4 is 10.1 Å². The summed E-state index contributed by atoms with van der Waals surface area (Å²) in [5.41, 5.74) is 0.852. The monoisotopic (exact) mass is 357 g/mol. The van der Waals surface area contributed by atoms with Gasteiger partial charge in [0.1, 0.15) is 17.6 Å². The van der Waals surface area contributed by atoms with Crippen molar-refractivity contribution >= 4 is 5.91 Å². The van der Waals surface area contributed by atoms with E-state index in [1.807, 2.05) is 37.4 Å². The highest BCUT2D eigenvalue weighted by Crippen LogP contribution is 2.24. The summed E-state index contributed by atoms with van der Waals surface area (Å²) in [5, 5.41) is 2.86. The van der Waals surface area contributed by atoms with Crippen LogP contribution in [0.5, 0.6) is 5.75 Å². The zero-order valence-corrected chi connectivity index (χ0v) is 14.0. The third-order valence-electron chi connectivity index (χ3n) is 3.87. The van der Waals surface area contributed by atoms with Gasteiger partial charge in [-0.2, -0.15) is 8.78 Å². The zero-order valence-electron chi connectivity index (χ0n) is 14.0. The van der Waals surface area contributed by atoms with Crippen LogP contribution >= 0.6 is 0 Å². The number of nitrogens with zero attached hydrogens (tertiary/aromatic N) is 2. The molecular formula is C19H17F2N3O2. The number of ether oxygens (including phenoxy) is 1. The summed E-state index contributed by atoms with van der Waals surface area (Å²) in [6, 6.07) is 14.6. The number of carbonyl (C=O) groups is 1. The summed E-state index contributed by atoms with van der Waals surface area (Å²) in [7, 11) is 1.82. The standard InChI is InChI=1S/C19H17F2N3O2/c1-24-12-11-22-17(24)16(13-7-3-2-4-8-13)23-18(25)14-9-5-6-10-15(14)26-19(20)21/h2-12,16,19H,1H3,(H,23,25). The summed E-state index contributed by atoms with van der Waals surface area (Å²) in [5.74, 6) is -0.0819. The van der Waals surface area contributed by atoms with Gasteiger partial charge >= 0.3 is 6.61 Å². The van der Waals surface area contributed by atoms with E-state index in [0.717, 1.165) is 5.56 Å². The number of benzene rings is 2. The topological polar surface area (TPSA) is 56.2 Å². The molecule has 5 nitrogen and oxygen atoms in total. The molecule has 1 unspecified atom stereocenters. The fraction of sp³-hybridized carbons (Fsp3) is 0.158. The molecule has 1 atom stereocenters. The number of halogens is 2. The maximum absolute atomic E-state index is 12.8. The lowest BCUT2D eigenvalue weighted by molar-refractivity contribution is -0.0501. The van der Waals surface area contributed by atoms with Crippen molar-refractivity contribution in [2.75, 3.05) is 0 Å². The Morgan fingerprint density at radius 3 is 2.46 bits per heavy atom. The number of imidazole rings is 1. The quantitative estimate of drug-likeness (QED) is 0.734. The highest BCUT2D eigenvalue weighted by molar-refractivity contribution is 5.97. The van der Waals surface area contributed by atoms with Crippen LogP contribution in [0.2, 0.25) is 0 Å². The van der Waals surface area contributed by atoms with E-state index in [0.29, 0.717) is 5.82 Å². The van der Waals surface area contributed by atoms with Crippen molar-refractivity contribution in [3.05, 3.63) is 83.9 Å². The Morgan fingerprint density at radius 1 is 1.12 bits per heavy atom. The van der Waals surface area contributed by atoms with E-state index in [1.54, 1.807) is 23.0 Å². The van der Waals surface area contributed by atoms with Crippen LogP contribution in [0.15, 0.2) is 67.0 Å². The van der Waals surface area contributed by atoms with Gasteiger partial charge in [-0.3, -0.25) is 4.79 Å². The van der Waals surface area contributed by atoms with Crippen molar-refractivity contribution in [1.29, 1.82) is 0 Å². The minimum Gasteiger partial charge on any atom is -0.434 e. The lowest BCUT2D eigenvalue weighted by atomic mass is 10.1. The van der Waals surface area contributed by atoms with Crippen molar-refractivity contribution < 1.29 is 18.3 Å². The fourth-order valence-corrected chi connectivity index (χ4v) is 2.66. The second-order valence-corrected chi connectivity index (χ2v) is 5.59. The fourth-order valence-electron chi connectivity index (χ4n) is 2.66. The predicted molar refractivity (Wildman–Crippen MR) is 92.0 cm³/mol. The van der Waals surface area contributed by atoms with Gasteiger partial charge in [0.15, 0.2) is 0 Å². The van der Waals surface area contributed by atoms with E-state index in [4.69, 9.17) is 0 Å². The van der Waals surface area contributed by atoms with E-state index < -0.39 is 18.6 Å². The number of aromatic nitrogens is 2. The molecule has 3 aromatic rings. The minimum absolute atomic E-state index is 0.0305.